The van der Waals surface area contributed by atoms with Gasteiger partial charge in [0.1, 0.15) is 6.07 Å². The van der Waals surface area contributed by atoms with Gasteiger partial charge < -0.3 is 0 Å². The lowest BCUT2D eigenvalue weighted by Crippen LogP contribution is -2.08. The first-order valence-electron chi connectivity index (χ1n) is 7.64. The van der Waals surface area contributed by atoms with Gasteiger partial charge in [0, 0.05) is 11.3 Å². The molecule has 110 valence electrons. The van der Waals surface area contributed by atoms with Crippen LogP contribution in [0.3, 0.4) is 0 Å². The van der Waals surface area contributed by atoms with Crippen molar-refractivity contribution in [3.63, 3.8) is 0 Å². The summed E-state index contributed by atoms with van der Waals surface area (Å²) in [6, 6.07) is 16.5. The molecule has 0 aliphatic heterocycles. The van der Waals surface area contributed by atoms with E-state index in [1.807, 2.05) is 28.9 Å². The second-order valence-electron chi connectivity index (χ2n) is 5.36. The highest BCUT2D eigenvalue weighted by molar-refractivity contribution is 5.90. The summed E-state index contributed by atoms with van der Waals surface area (Å²) in [4.78, 5) is 0. The molecule has 0 spiro atoms. The van der Waals surface area contributed by atoms with Crippen molar-refractivity contribution in [3.8, 4) is 11.8 Å². The van der Waals surface area contributed by atoms with Gasteiger partial charge in [-0.05, 0) is 24.3 Å². The van der Waals surface area contributed by atoms with Crippen molar-refractivity contribution in [2.45, 2.75) is 32.6 Å². The summed E-state index contributed by atoms with van der Waals surface area (Å²) >= 11 is 0. The molecule has 0 saturated carbocycles. The summed E-state index contributed by atoms with van der Waals surface area (Å²) in [6.45, 7) is 4.27. The van der Waals surface area contributed by atoms with Gasteiger partial charge in [0.15, 0.2) is 5.69 Å². The van der Waals surface area contributed by atoms with E-state index in [2.05, 4.69) is 48.4 Å². The van der Waals surface area contributed by atoms with Crippen molar-refractivity contribution in [1.29, 1.82) is 5.26 Å². The summed E-state index contributed by atoms with van der Waals surface area (Å²) in [5.41, 5.74) is 2.33. The Morgan fingerprint density at radius 3 is 2.55 bits per heavy atom. The largest absolute Gasteiger partial charge is 0.215 e. The number of fused-ring (bicyclic) bond motifs is 1. The second-order valence-corrected chi connectivity index (χ2v) is 5.36. The number of nitriles is 1. The Hall–Kier alpha value is -2.67. The van der Waals surface area contributed by atoms with E-state index in [9.17, 15) is 5.26 Å². The van der Waals surface area contributed by atoms with Crippen LogP contribution in [0, 0.1) is 11.3 Å². The zero-order valence-corrected chi connectivity index (χ0v) is 12.8. The normalized spacial score (nSPS) is 11.0. The van der Waals surface area contributed by atoms with Crippen LogP contribution in [0.15, 0.2) is 42.5 Å². The number of nitrogens with zero attached hydrogens (tertiary/aromatic N) is 4. The third kappa shape index (κ3) is 2.25. The van der Waals surface area contributed by atoms with Crippen LogP contribution in [-0.4, -0.2) is 15.0 Å². The molecule has 0 atom stereocenters. The smallest absolute Gasteiger partial charge is 0.186 e. The summed E-state index contributed by atoms with van der Waals surface area (Å²) in [5.74, 6) is 0.281. The maximum Gasteiger partial charge on any atom is 0.186 e. The topological polar surface area (TPSA) is 54.5 Å². The highest BCUT2D eigenvalue weighted by Gasteiger charge is 2.21. The molecule has 0 aliphatic carbocycles. The lowest BCUT2D eigenvalue weighted by molar-refractivity contribution is 0.595. The number of aromatic nitrogens is 3. The zero-order chi connectivity index (χ0) is 15.5. The fourth-order valence-electron chi connectivity index (χ4n) is 2.98. The van der Waals surface area contributed by atoms with Crippen molar-refractivity contribution in [1.82, 2.24) is 15.0 Å². The molecule has 0 aliphatic rings. The molecule has 3 aromatic rings. The van der Waals surface area contributed by atoms with Crippen LogP contribution in [0.25, 0.3) is 16.5 Å². The fourth-order valence-corrected chi connectivity index (χ4v) is 2.98. The van der Waals surface area contributed by atoms with Gasteiger partial charge in [0.25, 0.3) is 0 Å². The SMILES string of the molecule is CCC(CC)c1c(C#N)nnn1-c1cccc2ccccc12. The van der Waals surface area contributed by atoms with Crippen molar-refractivity contribution < 1.29 is 0 Å². The Balaban J connectivity index is 2.28. The van der Waals surface area contributed by atoms with Gasteiger partial charge in [-0.15, -0.1) is 5.10 Å². The maximum absolute atomic E-state index is 9.37. The van der Waals surface area contributed by atoms with E-state index in [-0.39, 0.29) is 5.92 Å². The molecule has 1 aromatic heterocycles. The summed E-state index contributed by atoms with van der Waals surface area (Å²) in [5, 5.41) is 20.0. The third-order valence-corrected chi connectivity index (χ3v) is 4.18. The van der Waals surface area contributed by atoms with E-state index in [0.717, 1.165) is 35.0 Å². The van der Waals surface area contributed by atoms with Crippen LogP contribution in [0.5, 0.6) is 0 Å². The van der Waals surface area contributed by atoms with Crippen molar-refractivity contribution in [2.24, 2.45) is 0 Å². The van der Waals surface area contributed by atoms with E-state index in [1.54, 1.807) is 0 Å². The molecular weight excluding hydrogens is 272 g/mol. The van der Waals surface area contributed by atoms with Gasteiger partial charge in [-0.2, -0.15) is 5.26 Å². The fraction of sp³-hybridized carbons (Fsp3) is 0.278. The number of benzene rings is 2. The first-order chi connectivity index (χ1) is 10.8. The monoisotopic (exact) mass is 290 g/mol. The predicted molar refractivity (Wildman–Crippen MR) is 86.9 cm³/mol. The van der Waals surface area contributed by atoms with Crippen LogP contribution in [0.1, 0.15) is 44.0 Å². The van der Waals surface area contributed by atoms with Crippen molar-refractivity contribution in [3.05, 3.63) is 53.9 Å². The minimum atomic E-state index is 0.281. The number of hydrogen-bond donors (Lipinski definition) is 0. The molecule has 22 heavy (non-hydrogen) atoms. The molecule has 0 N–H and O–H groups in total. The predicted octanol–water partition coefficient (Wildman–Crippen LogP) is 4.20. The quantitative estimate of drug-likeness (QED) is 0.723. The minimum absolute atomic E-state index is 0.281. The van der Waals surface area contributed by atoms with Gasteiger partial charge in [-0.3, -0.25) is 0 Å². The van der Waals surface area contributed by atoms with E-state index in [1.165, 1.54) is 0 Å². The summed E-state index contributed by atoms with van der Waals surface area (Å²) in [6.07, 6.45) is 1.92. The zero-order valence-electron chi connectivity index (χ0n) is 12.8. The molecule has 0 fully saturated rings. The molecule has 2 aromatic carbocycles. The third-order valence-electron chi connectivity index (χ3n) is 4.18. The van der Waals surface area contributed by atoms with E-state index in [0.29, 0.717) is 5.69 Å². The first kappa shape index (κ1) is 14.3. The molecule has 0 amide bonds. The number of hydrogen-bond acceptors (Lipinski definition) is 3. The summed E-state index contributed by atoms with van der Waals surface area (Å²) < 4.78 is 1.85. The Bertz CT molecular complexity index is 832. The van der Waals surface area contributed by atoms with E-state index >= 15 is 0 Å². The Morgan fingerprint density at radius 1 is 1.09 bits per heavy atom. The van der Waals surface area contributed by atoms with Crippen LogP contribution in [0.4, 0.5) is 0 Å². The minimum Gasteiger partial charge on any atom is -0.215 e. The molecule has 0 radical (unpaired) electrons. The summed E-state index contributed by atoms with van der Waals surface area (Å²) in [7, 11) is 0. The molecule has 4 nitrogen and oxygen atoms in total. The molecule has 0 saturated heterocycles. The molecule has 4 heteroatoms. The van der Waals surface area contributed by atoms with Gasteiger partial charge >= 0.3 is 0 Å². The Labute approximate surface area is 130 Å². The number of rotatable bonds is 4. The van der Waals surface area contributed by atoms with Crippen LogP contribution in [0.2, 0.25) is 0 Å². The first-order valence-corrected chi connectivity index (χ1v) is 7.64. The molecule has 0 bridgehead atoms. The van der Waals surface area contributed by atoms with Crippen molar-refractivity contribution >= 4 is 10.8 Å². The van der Waals surface area contributed by atoms with Crippen LogP contribution < -0.4 is 0 Å². The average molecular weight is 290 g/mol. The lowest BCUT2D eigenvalue weighted by atomic mass is 9.97. The van der Waals surface area contributed by atoms with Gasteiger partial charge in [0.05, 0.1) is 11.4 Å². The molecular formula is C18H18N4. The molecule has 0 unspecified atom stereocenters. The van der Waals surface area contributed by atoms with Gasteiger partial charge in [-0.1, -0.05) is 55.5 Å². The van der Waals surface area contributed by atoms with Crippen molar-refractivity contribution in [2.75, 3.05) is 0 Å². The Morgan fingerprint density at radius 2 is 1.82 bits per heavy atom. The standard InChI is InChI=1S/C18H18N4/c1-3-13(4-2)18-16(12-19)20-21-22(18)17-11-7-9-14-8-5-6-10-15(14)17/h5-11,13H,3-4H2,1-2H3. The average Bonchev–Trinajstić information content (AvgIpc) is 2.99. The maximum atomic E-state index is 9.37. The van der Waals surface area contributed by atoms with Gasteiger partial charge in [0.2, 0.25) is 0 Å². The Kier molecular flexibility index (Phi) is 3.88. The van der Waals surface area contributed by atoms with Gasteiger partial charge in [-0.25, -0.2) is 4.68 Å². The molecule has 3 rings (SSSR count). The highest BCUT2D eigenvalue weighted by atomic mass is 15.4. The molecule has 1 heterocycles. The lowest BCUT2D eigenvalue weighted by Gasteiger charge is -2.15. The van der Waals surface area contributed by atoms with E-state index in [4.69, 9.17) is 0 Å². The second kappa shape index (κ2) is 5.98. The van der Waals surface area contributed by atoms with E-state index < -0.39 is 0 Å². The highest BCUT2D eigenvalue weighted by Crippen LogP contribution is 2.29. The van der Waals surface area contributed by atoms with Crippen LogP contribution in [-0.2, 0) is 0 Å². The van der Waals surface area contributed by atoms with Crippen LogP contribution >= 0.6 is 0 Å².